The van der Waals surface area contributed by atoms with Crippen molar-refractivity contribution >= 4 is 11.6 Å². The summed E-state index contributed by atoms with van der Waals surface area (Å²) < 4.78 is 5.72. The van der Waals surface area contributed by atoms with Crippen molar-refractivity contribution in [2.45, 2.75) is 46.6 Å². The topological polar surface area (TPSA) is 55.6 Å². The van der Waals surface area contributed by atoms with Crippen molar-refractivity contribution in [3.63, 3.8) is 0 Å². The molecular formula is C16H26N2O2. The van der Waals surface area contributed by atoms with Gasteiger partial charge in [0.05, 0.1) is 0 Å². The molecule has 0 saturated heterocycles. The number of benzene rings is 1. The van der Waals surface area contributed by atoms with E-state index >= 15 is 0 Å². The van der Waals surface area contributed by atoms with Gasteiger partial charge in [0.1, 0.15) is 5.75 Å². The van der Waals surface area contributed by atoms with Crippen molar-refractivity contribution in [2.24, 2.45) is 0 Å². The molecule has 0 aliphatic rings. The molecule has 0 heterocycles. The summed E-state index contributed by atoms with van der Waals surface area (Å²) in [7, 11) is 1.79. The molecule has 0 unspecified atom stereocenters. The van der Waals surface area contributed by atoms with E-state index in [1.165, 1.54) is 0 Å². The first-order valence-electron chi connectivity index (χ1n) is 7.02. The Hall–Kier alpha value is -1.71. The number of anilines is 1. The average Bonchev–Trinajstić information content (AvgIpc) is 2.37. The first kappa shape index (κ1) is 16.3. The van der Waals surface area contributed by atoms with Crippen molar-refractivity contribution in [3.8, 4) is 5.75 Å². The fourth-order valence-corrected chi connectivity index (χ4v) is 1.82. The summed E-state index contributed by atoms with van der Waals surface area (Å²) in [6, 6.07) is 4.02. The van der Waals surface area contributed by atoms with Gasteiger partial charge in [0.15, 0.2) is 6.61 Å². The largest absolute Gasteiger partial charge is 0.483 e. The summed E-state index contributed by atoms with van der Waals surface area (Å²) in [4.78, 5) is 13.6. The number of hydrogen-bond donors (Lipinski definition) is 1. The number of likely N-dealkylation sites (N-methyl/N-ethyl adjacent to an activating group) is 1. The predicted molar refractivity (Wildman–Crippen MR) is 83.1 cm³/mol. The number of hydrogen-bond acceptors (Lipinski definition) is 3. The molecule has 0 fully saturated rings. The van der Waals surface area contributed by atoms with Crippen LogP contribution in [0, 0.1) is 6.92 Å². The molecule has 0 saturated carbocycles. The zero-order valence-corrected chi connectivity index (χ0v) is 13.4. The van der Waals surface area contributed by atoms with Crippen LogP contribution in [0.15, 0.2) is 12.1 Å². The second-order valence-corrected chi connectivity index (χ2v) is 5.79. The van der Waals surface area contributed by atoms with E-state index in [1.807, 2.05) is 32.9 Å². The van der Waals surface area contributed by atoms with Crippen LogP contribution in [0.4, 0.5) is 5.69 Å². The van der Waals surface area contributed by atoms with Gasteiger partial charge in [0, 0.05) is 18.8 Å². The van der Waals surface area contributed by atoms with Crippen LogP contribution in [0.5, 0.6) is 5.75 Å². The number of carbonyl (C=O) groups is 1. The molecule has 0 radical (unpaired) electrons. The van der Waals surface area contributed by atoms with Gasteiger partial charge in [-0.05, 0) is 49.9 Å². The van der Waals surface area contributed by atoms with E-state index in [2.05, 4.69) is 13.8 Å². The Morgan fingerprint density at radius 2 is 1.90 bits per heavy atom. The second-order valence-electron chi connectivity index (χ2n) is 5.79. The highest BCUT2D eigenvalue weighted by molar-refractivity contribution is 5.77. The average molecular weight is 278 g/mol. The molecule has 1 aromatic carbocycles. The lowest BCUT2D eigenvalue weighted by molar-refractivity contribution is -0.133. The summed E-state index contributed by atoms with van der Waals surface area (Å²) >= 11 is 0. The molecular weight excluding hydrogens is 252 g/mol. The minimum Gasteiger partial charge on any atom is -0.483 e. The van der Waals surface area contributed by atoms with E-state index in [0.717, 1.165) is 22.6 Å². The van der Waals surface area contributed by atoms with Crippen molar-refractivity contribution in [1.29, 1.82) is 0 Å². The van der Waals surface area contributed by atoms with Gasteiger partial charge in [-0.1, -0.05) is 13.8 Å². The summed E-state index contributed by atoms with van der Waals surface area (Å²) in [5.74, 6) is 1.02. The van der Waals surface area contributed by atoms with E-state index < -0.39 is 0 Å². The van der Waals surface area contributed by atoms with Crippen molar-refractivity contribution in [2.75, 3.05) is 19.4 Å². The zero-order chi connectivity index (χ0) is 15.4. The monoisotopic (exact) mass is 278 g/mol. The van der Waals surface area contributed by atoms with E-state index in [-0.39, 0.29) is 18.6 Å². The summed E-state index contributed by atoms with van der Waals surface area (Å²) in [5.41, 5.74) is 8.70. The lowest BCUT2D eigenvalue weighted by Crippen LogP contribution is -2.36. The van der Waals surface area contributed by atoms with E-state index in [4.69, 9.17) is 10.5 Å². The summed E-state index contributed by atoms with van der Waals surface area (Å²) in [6.07, 6.45) is 0. The van der Waals surface area contributed by atoms with E-state index in [9.17, 15) is 4.79 Å². The van der Waals surface area contributed by atoms with E-state index in [1.54, 1.807) is 11.9 Å². The molecule has 4 nitrogen and oxygen atoms in total. The number of nitrogens with zero attached hydrogens (tertiary/aromatic N) is 1. The van der Waals surface area contributed by atoms with Gasteiger partial charge in [0.2, 0.25) is 0 Å². The Morgan fingerprint density at radius 3 is 2.40 bits per heavy atom. The number of ether oxygens (including phenoxy) is 1. The van der Waals surface area contributed by atoms with Gasteiger partial charge in [-0.2, -0.15) is 0 Å². The number of rotatable bonds is 5. The van der Waals surface area contributed by atoms with Crippen molar-refractivity contribution in [1.82, 2.24) is 4.90 Å². The number of nitrogens with two attached hydrogens (primary N) is 1. The van der Waals surface area contributed by atoms with Crippen LogP contribution in [0.1, 0.15) is 44.7 Å². The van der Waals surface area contributed by atoms with Gasteiger partial charge in [-0.3, -0.25) is 4.79 Å². The highest BCUT2D eigenvalue weighted by Crippen LogP contribution is 2.30. The number of aryl methyl sites for hydroxylation is 1. The highest BCUT2D eigenvalue weighted by atomic mass is 16.5. The van der Waals surface area contributed by atoms with Crippen LogP contribution in [0.3, 0.4) is 0 Å². The van der Waals surface area contributed by atoms with Crippen LogP contribution in [-0.4, -0.2) is 30.5 Å². The third-order valence-corrected chi connectivity index (χ3v) is 3.54. The normalized spacial score (nSPS) is 11.0. The predicted octanol–water partition coefficient (Wildman–Crippen LogP) is 2.95. The van der Waals surface area contributed by atoms with Gasteiger partial charge in [-0.15, -0.1) is 0 Å². The maximum absolute atomic E-state index is 12.0. The van der Waals surface area contributed by atoms with Gasteiger partial charge in [0.25, 0.3) is 5.91 Å². The molecule has 0 bridgehead atoms. The lowest BCUT2D eigenvalue weighted by Gasteiger charge is -2.22. The van der Waals surface area contributed by atoms with Gasteiger partial charge >= 0.3 is 0 Å². The first-order valence-corrected chi connectivity index (χ1v) is 7.02. The first-order chi connectivity index (χ1) is 9.23. The van der Waals surface area contributed by atoms with Gasteiger partial charge < -0.3 is 15.4 Å². The van der Waals surface area contributed by atoms with Crippen molar-refractivity contribution < 1.29 is 9.53 Å². The van der Waals surface area contributed by atoms with Crippen LogP contribution in [0.25, 0.3) is 0 Å². The Labute approximate surface area is 121 Å². The minimum atomic E-state index is -0.0239. The van der Waals surface area contributed by atoms with Crippen LogP contribution >= 0.6 is 0 Å². The molecule has 0 atom stereocenters. The Kier molecular flexibility index (Phi) is 5.43. The molecule has 0 aliphatic heterocycles. The van der Waals surface area contributed by atoms with E-state index in [0.29, 0.717) is 5.92 Å². The quantitative estimate of drug-likeness (QED) is 0.842. The third-order valence-electron chi connectivity index (χ3n) is 3.54. The molecule has 0 aromatic heterocycles. The van der Waals surface area contributed by atoms with Gasteiger partial charge in [-0.25, -0.2) is 0 Å². The summed E-state index contributed by atoms with van der Waals surface area (Å²) in [6.45, 7) is 10.1. The molecule has 0 spiro atoms. The third kappa shape index (κ3) is 3.89. The fourth-order valence-electron chi connectivity index (χ4n) is 1.82. The molecule has 1 rings (SSSR count). The molecule has 0 aliphatic carbocycles. The van der Waals surface area contributed by atoms with Crippen LogP contribution in [-0.2, 0) is 4.79 Å². The lowest BCUT2D eigenvalue weighted by atomic mass is 9.99. The maximum atomic E-state index is 12.0. The maximum Gasteiger partial charge on any atom is 0.260 e. The van der Waals surface area contributed by atoms with Crippen LogP contribution in [0.2, 0.25) is 0 Å². The zero-order valence-electron chi connectivity index (χ0n) is 13.4. The fraction of sp³-hybridized carbons (Fsp3) is 0.562. The summed E-state index contributed by atoms with van der Waals surface area (Å²) in [5, 5.41) is 0. The Balaban J connectivity index is 2.87. The number of amides is 1. The Bertz CT molecular complexity index is 482. The molecule has 4 heteroatoms. The minimum absolute atomic E-state index is 0.0239. The number of carbonyl (C=O) groups excluding carboxylic acids is 1. The molecule has 2 N–H and O–H groups in total. The molecule has 112 valence electrons. The second kappa shape index (κ2) is 6.64. The standard InChI is InChI=1S/C16H26N2O2/c1-10(2)13-8-14(17)12(5)7-15(13)20-9-16(19)18(6)11(3)4/h7-8,10-11H,9,17H2,1-6H3. The van der Waals surface area contributed by atoms with Crippen LogP contribution < -0.4 is 10.5 Å². The molecule has 20 heavy (non-hydrogen) atoms. The van der Waals surface area contributed by atoms with Crippen molar-refractivity contribution in [3.05, 3.63) is 23.3 Å². The number of nitrogen functional groups attached to an aromatic ring is 1. The smallest absolute Gasteiger partial charge is 0.260 e. The molecule has 1 aromatic rings. The Morgan fingerprint density at radius 1 is 1.30 bits per heavy atom. The SMILES string of the molecule is Cc1cc(OCC(=O)N(C)C(C)C)c(C(C)C)cc1N. The highest BCUT2D eigenvalue weighted by Gasteiger charge is 2.15. The molecule has 1 amide bonds.